The molecule has 8 rings (SSSR count). The number of hydrogen-bond acceptors (Lipinski definition) is 16. The molecular formula is C68H87F3N18O14. The van der Waals surface area contributed by atoms with Gasteiger partial charge in [0.15, 0.2) is 5.96 Å². The van der Waals surface area contributed by atoms with E-state index < -0.39 is 120 Å². The maximum absolute atomic E-state index is 15.1. The number of nitrogens with two attached hydrogens (primary N) is 2. The quantitative estimate of drug-likeness (QED) is 0.0139. The number of aliphatic imine (C=N–C) groups is 1. The molecule has 6 aromatic rings. The van der Waals surface area contributed by atoms with Gasteiger partial charge in [-0.1, -0.05) is 74.5 Å². The summed E-state index contributed by atoms with van der Waals surface area (Å²) < 4.78 is 33.5. The van der Waals surface area contributed by atoms with Crippen LogP contribution in [0.5, 0.6) is 5.75 Å². The lowest BCUT2D eigenvalue weighted by Crippen LogP contribution is -2.61. The number of benzene rings is 3. The summed E-state index contributed by atoms with van der Waals surface area (Å²) >= 11 is 0. The van der Waals surface area contributed by atoms with Crippen LogP contribution in [0.25, 0.3) is 10.9 Å². The number of carbonyl (C=O) groups is 11. The molecule has 0 unspecified atom stereocenters. The summed E-state index contributed by atoms with van der Waals surface area (Å²) in [5.74, 6) is -10.5. The van der Waals surface area contributed by atoms with Crippen LogP contribution >= 0.6 is 0 Å². The molecule has 32 nitrogen and oxygen atoms in total. The van der Waals surface area contributed by atoms with Gasteiger partial charge >= 0.3 is 12.1 Å². The number of phenolic OH excluding ortho intramolecular Hbond substituents is 1. The molecular weight excluding hydrogens is 1350 g/mol. The molecule has 18 N–H and O–H groups in total. The van der Waals surface area contributed by atoms with Crippen LogP contribution in [0.15, 0.2) is 115 Å². The molecule has 2 saturated heterocycles. The molecule has 2 aliphatic heterocycles. The number of aliphatic hydroxyl groups excluding tert-OH is 1. The number of aromatic nitrogens is 5. The minimum absolute atomic E-state index is 0.0495. The normalized spacial score (nSPS) is 16.2. The number of aromatic amines is 2. The van der Waals surface area contributed by atoms with Crippen molar-refractivity contribution in [3.8, 4) is 5.75 Å². The number of nitrogens with one attached hydrogen (secondary N) is 11. The molecule has 5 heterocycles. The number of alkyl halides is 3. The minimum atomic E-state index is -5.08. The van der Waals surface area contributed by atoms with Crippen molar-refractivity contribution in [1.29, 1.82) is 0 Å². The second-order valence-corrected chi connectivity index (χ2v) is 25.2. The highest BCUT2D eigenvalue weighted by Gasteiger charge is 2.41. The number of likely N-dealkylation sites (tertiary alicyclic amines) is 1. The maximum atomic E-state index is 15.1. The zero-order chi connectivity index (χ0) is 74.9. The number of aliphatic carboxylic acids is 1. The van der Waals surface area contributed by atoms with Crippen molar-refractivity contribution in [2.75, 3.05) is 26.2 Å². The van der Waals surface area contributed by atoms with Crippen LogP contribution in [0.4, 0.5) is 13.2 Å². The fraction of sp³-hybridized carbons (Fsp3) is 0.441. The number of rotatable bonds is 34. The molecule has 554 valence electrons. The topological polar surface area (TPSA) is 487 Å². The lowest BCUT2D eigenvalue weighted by atomic mass is 10.0. The van der Waals surface area contributed by atoms with Gasteiger partial charge in [0.1, 0.15) is 60.1 Å². The van der Waals surface area contributed by atoms with Gasteiger partial charge in [-0.25, -0.2) is 14.8 Å². The number of H-pyrrole nitrogens is 2. The second-order valence-electron chi connectivity index (χ2n) is 25.2. The Morgan fingerprint density at radius 1 is 0.709 bits per heavy atom. The standard InChI is InChI=1S/C66H86N18O12.C2HF3O2/c1-4-70-64(95)55-17-11-25-84(55)65(96)48(16-10-24-71-66(67)68)76-58(89)49(26-38(2)3)77-62(93)53(30-43-34-83(37-74-43)33-40-12-6-5-7-13-40)81-59(90)50(27-39-18-20-44(86)21-19-39)78-63(94)54(35-85)82-60(91)51(28-41-31-72-46-15-9-8-14-45(41)46)79-61(92)52(29-42-32-69-36-73-42)80-57(88)47-22-23-56(87)75-47;3-2(4,5)1(6)7/h5-9,12-15,18-21,31-32,34,36-38,47-55,72,85-86H,4,10-11,16-17,22-30,33,35H2,1-3H3,(H,69,73)(H,70,95)(H,75,87)(H,76,89)(H,77,93)(H,78,94)(H,79,92)(H,80,88)(H,81,90)(H,82,91)(H4,67,68,71);(H,6,7)/t47-,48-,49-,50+,51-,52-,53+,54-,55-;/m0./s1. The third kappa shape index (κ3) is 24.2. The Hall–Kier alpha value is -11.4. The van der Waals surface area contributed by atoms with Crippen molar-refractivity contribution >= 4 is 81.9 Å². The van der Waals surface area contributed by atoms with Gasteiger partial charge < -0.3 is 94.1 Å². The first-order chi connectivity index (χ1) is 49.1. The second kappa shape index (κ2) is 37.9. The zero-order valence-corrected chi connectivity index (χ0v) is 56.8. The van der Waals surface area contributed by atoms with Gasteiger partial charge in [0, 0.05) is 93.5 Å². The summed E-state index contributed by atoms with van der Waals surface area (Å²) in [4.78, 5) is 171. The molecule has 3 aromatic heterocycles. The van der Waals surface area contributed by atoms with Crippen LogP contribution in [0, 0.1) is 5.92 Å². The number of nitrogens with zero attached hydrogens (tertiary/aromatic N) is 5. The molecule has 0 bridgehead atoms. The molecule has 35 heteroatoms. The Morgan fingerprint density at radius 2 is 1.30 bits per heavy atom. The first-order valence-electron chi connectivity index (χ1n) is 33.4. The Labute approximate surface area is 589 Å². The number of hydrogen-bond donors (Lipinski definition) is 16. The number of para-hydroxylation sites is 1. The van der Waals surface area contributed by atoms with E-state index in [9.17, 15) is 61.7 Å². The van der Waals surface area contributed by atoms with E-state index in [1.54, 1.807) is 48.4 Å². The van der Waals surface area contributed by atoms with Gasteiger partial charge in [0.2, 0.25) is 59.1 Å². The number of carboxylic acids is 1. The number of imidazole rings is 2. The fourth-order valence-electron chi connectivity index (χ4n) is 11.6. The van der Waals surface area contributed by atoms with Crippen LogP contribution in [-0.2, 0) is 85.0 Å². The van der Waals surface area contributed by atoms with E-state index in [1.807, 2.05) is 50.2 Å². The SMILES string of the molecule is CCNC(=O)[C@@H]1CCCN1C(=O)[C@H](CCCN=C(N)N)NC(=O)[C@H](CC(C)C)NC(=O)[C@@H](Cc1cn(Cc2ccccc2)cn1)NC(=O)[C@@H](Cc1ccc(O)cc1)NC(=O)[C@H](CO)NC(=O)[C@H](Cc1c[nH]c2ccccc12)NC(=O)[C@H](Cc1cnc[nH]1)NC(=O)[C@@H]1CCC(=O)N1.O=C(O)C(F)(F)F. The molecule has 2 aliphatic rings. The van der Waals surface area contributed by atoms with E-state index in [0.717, 1.165) is 5.56 Å². The van der Waals surface area contributed by atoms with Crippen molar-refractivity contribution in [3.05, 3.63) is 138 Å². The highest BCUT2D eigenvalue weighted by molar-refractivity contribution is 5.99. The van der Waals surface area contributed by atoms with Crippen molar-refractivity contribution in [1.82, 2.24) is 77.3 Å². The number of aromatic hydroxyl groups is 1. The minimum Gasteiger partial charge on any atom is -0.508 e. The first-order valence-corrected chi connectivity index (χ1v) is 33.4. The molecule has 0 radical (unpaired) electrons. The summed E-state index contributed by atoms with van der Waals surface area (Å²) in [5, 5.41) is 53.4. The van der Waals surface area contributed by atoms with E-state index in [-0.39, 0.29) is 100 Å². The highest BCUT2D eigenvalue weighted by atomic mass is 19.4. The Balaban J connectivity index is 0.00000201. The number of phenols is 1. The molecule has 0 aliphatic carbocycles. The highest BCUT2D eigenvalue weighted by Crippen LogP contribution is 2.23. The molecule has 0 spiro atoms. The van der Waals surface area contributed by atoms with Crippen LogP contribution in [0.3, 0.4) is 0 Å². The van der Waals surface area contributed by atoms with Crippen molar-refractivity contribution in [2.45, 2.75) is 158 Å². The average molecular weight is 1440 g/mol. The smallest absolute Gasteiger partial charge is 0.490 e. The number of fused-ring (bicyclic) bond motifs is 1. The molecule has 103 heavy (non-hydrogen) atoms. The van der Waals surface area contributed by atoms with Gasteiger partial charge in [-0.15, -0.1) is 0 Å². The average Bonchev–Trinajstić information content (AvgIpc) is 1.76. The Kier molecular flexibility index (Phi) is 29.0. The molecule has 0 saturated carbocycles. The third-order valence-electron chi connectivity index (χ3n) is 16.8. The predicted molar refractivity (Wildman–Crippen MR) is 366 cm³/mol. The zero-order valence-electron chi connectivity index (χ0n) is 56.8. The van der Waals surface area contributed by atoms with Gasteiger partial charge in [0.25, 0.3) is 0 Å². The number of amides is 10. The van der Waals surface area contributed by atoms with Gasteiger partial charge in [0.05, 0.1) is 25.0 Å². The first kappa shape index (κ1) is 78.9. The largest absolute Gasteiger partial charge is 0.508 e. The number of aliphatic hydroxyl groups is 1. The predicted octanol–water partition coefficient (Wildman–Crippen LogP) is -0.363. The third-order valence-corrected chi connectivity index (χ3v) is 16.8. The Bertz CT molecular complexity index is 3920. The lowest BCUT2D eigenvalue weighted by molar-refractivity contribution is -0.192. The monoisotopic (exact) mass is 1440 g/mol. The van der Waals surface area contributed by atoms with Crippen molar-refractivity contribution < 1.29 is 81.2 Å². The Morgan fingerprint density at radius 3 is 1.90 bits per heavy atom. The van der Waals surface area contributed by atoms with E-state index in [2.05, 4.69) is 72.8 Å². The van der Waals surface area contributed by atoms with E-state index in [0.29, 0.717) is 59.3 Å². The van der Waals surface area contributed by atoms with E-state index in [1.165, 1.54) is 41.7 Å². The molecule has 2 fully saturated rings. The van der Waals surface area contributed by atoms with Crippen molar-refractivity contribution in [2.24, 2.45) is 22.4 Å². The van der Waals surface area contributed by atoms with E-state index in [4.69, 9.17) is 21.4 Å². The molecule has 10 amide bonds. The number of halogens is 3. The number of carbonyl (C=O) groups excluding carboxylic acids is 10. The van der Waals surface area contributed by atoms with Gasteiger partial charge in [-0.2, -0.15) is 13.2 Å². The van der Waals surface area contributed by atoms with Crippen LogP contribution in [0.2, 0.25) is 0 Å². The maximum Gasteiger partial charge on any atom is 0.490 e. The molecule has 9 atom stereocenters. The van der Waals surface area contributed by atoms with Crippen LogP contribution in [-0.4, -0.2) is 203 Å². The summed E-state index contributed by atoms with van der Waals surface area (Å²) in [5.41, 5.74) is 14.6. The number of likely N-dealkylation sites (N-methyl/N-ethyl adjacent to an activating group) is 1. The van der Waals surface area contributed by atoms with Crippen LogP contribution in [0.1, 0.15) is 93.8 Å². The van der Waals surface area contributed by atoms with E-state index >= 15 is 9.59 Å². The van der Waals surface area contributed by atoms with Gasteiger partial charge in [-0.05, 0) is 86.3 Å². The molecule has 3 aromatic carbocycles. The van der Waals surface area contributed by atoms with Crippen molar-refractivity contribution in [3.63, 3.8) is 0 Å². The van der Waals surface area contributed by atoms with Crippen LogP contribution < -0.4 is 59.3 Å². The summed E-state index contributed by atoms with van der Waals surface area (Å²) in [7, 11) is 0. The fourth-order valence-corrected chi connectivity index (χ4v) is 11.6. The van der Waals surface area contributed by atoms with Gasteiger partial charge in [-0.3, -0.25) is 52.9 Å². The number of guanidine groups is 1. The lowest BCUT2D eigenvalue weighted by Gasteiger charge is -2.30. The summed E-state index contributed by atoms with van der Waals surface area (Å²) in [6.07, 6.45) is 3.41. The summed E-state index contributed by atoms with van der Waals surface area (Å²) in [6, 6.07) is 10.5. The number of carboxylic acid groups (broad SMARTS) is 1. The summed E-state index contributed by atoms with van der Waals surface area (Å²) in [6.45, 7) is 5.50.